The lowest BCUT2D eigenvalue weighted by Gasteiger charge is -2.26. The molecule has 0 bridgehead atoms. The fraction of sp³-hybridized carbons (Fsp3) is 0.389. The maximum Gasteiger partial charge on any atom is 0.457 e. The van der Waals surface area contributed by atoms with Crippen LogP contribution in [0.1, 0.15) is 25.3 Å². The normalized spacial score (nSPS) is 14.8. The molecule has 2 atom stereocenters. The van der Waals surface area contributed by atoms with Crippen molar-refractivity contribution in [2.45, 2.75) is 38.0 Å². The molecule has 0 N–H and O–H groups in total. The van der Waals surface area contributed by atoms with Gasteiger partial charge in [-0.1, -0.05) is 24.3 Å². The molecule has 0 heterocycles. The molecule has 2 aromatic rings. The first-order chi connectivity index (χ1) is 12.0. The van der Waals surface area contributed by atoms with Gasteiger partial charge in [-0.15, -0.1) is 0 Å². The molecule has 0 amide bonds. The summed E-state index contributed by atoms with van der Waals surface area (Å²) in [4.78, 5) is 12.0. The van der Waals surface area contributed by atoms with Gasteiger partial charge in [0.15, 0.2) is 6.10 Å². The van der Waals surface area contributed by atoms with Gasteiger partial charge in [0, 0.05) is 0 Å². The largest absolute Gasteiger partial charge is 0.497 e. The van der Waals surface area contributed by atoms with E-state index in [4.69, 9.17) is 4.74 Å². The molecular formula is C18H17F5O3. The fourth-order valence-corrected chi connectivity index (χ4v) is 2.36. The van der Waals surface area contributed by atoms with Crippen LogP contribution in [0.2, 0.25) is 0 Å². The van der Waals surface area contributed by atoms with Crippen molar-refractivity contribution in [3.8, 4) is 5.75 Å². The smallest absolute Gasteiger partial charge is 0.457 e. The number of carbonyl (C=O) groups is 1. The highest BCUT2D eigenvalue weighted by Gasteiger charge is 2.62. The Bertz CT molecular complexity index is 801. The second-order valence-electron chi connectivity index (χ2n) is 5.89. The Hall–Kier alpha value is -2.38. The molecule has 0 aromatic heterocycles. The molecule has 3 nitrogen and oxygen atoms in total. The van der Waals surface area contributed by atoms with Crippen LogP contribution in [0, 0.1) is 0 Å². The number of methoxy groups -OCH3 is 1. The van der Waals surface area contributed by atoms with Gasteiger partial charge >= 0.3 is 18.1 Å². The van der Waals surface area contributed by atoms with Crippen LogP contribution in [0.5, 0.6) is 5.75 Å². The van der Waals surface area contributed by atoms with E-state index in [2.05, 4.69) is 4.74 Å². The molecule has 0 radical (unpaired) electrons. The molecule has 2 unspecified atom stereocenters. The number of hydrogen-bond donors (Lipinski definition) is 0. The van der Waals surface area contributed by atoms with E-state index in [0.717, 1.165) is 10.8 Å². The summed E-state index contributed by atoms with van der Waals surface area (Å²) in [5, 5.41) is 1.59. The van der Waals surface area contributed by atoms with E-state index in [1.54, 1.807) is 36.4 Å². The molecular weight excluding hydrogens is 359 g/mol. The number of rotatable bonds is 5. The fourth-order valence-electron chi connectivity index (χ4n) is 2.36. The summed E-state index contributed by atoms with van der Waals surface area (Å²) in [5.74, 6) is -6.65. The highest BCUT2D eigenvalue weighted by molar-refractivity contribution is 5.86. The Morgan fingerprint density at radius 1 is 0.962 bits per heavy atom. The molecule has 2 rings (SSSR count). The Kier molecular flexibility index (Phi) is 5.44. The van der Waals surface area contributed by atoms with Crippen molar-refractivity contribution in [1.29, 1.82) is 0 Å². The van der Waals surface area contributed by atoms with Crippen molar-refractivity contribution in [1.82, 2.24) is 0 Å². The maximum atomic E-state index is 13.2. The summed E-state index contributed by atoms with van der Waals surface area (Å²) in [6, 6.07) is 10.2. The summed E-state index contributed by atoms with van der Waals surface area (Å²) in [6.07, 6.45) is -8.42. The van der Waals surface area contributed by atoms with E-state index in [0.29, 0.717) is 18.2 Å². The number of esters is 1. The monoisotopic (exact) mass is 376 g/mol. The van der Waals surface area contributed by atoms with Crippen LogP contribution in [-0.2, 0) is 9.53 Å². The van der Waals surface area contributed by atoms with Crippen LogP contribution in [0.4, 0.5) is 22.0 Å². The van der Waals surface area contributed by atoms with E-state index in [9.17, 15) is 26.7 Å². The first-order valence-electron chi connectivity index (χ1n) is 7.70. The first-order valence-corrected chi connectivity index (χ1v) is 7.70. The predicted molar refractivity (Wildman–Crippen MR) is 85.5 cm³/mol. The van der Waals surface area contributed by atoms with Crippen LogP contribution in [0.25, 0.3) is 10.8 Å². The van der Waals surface area contributed by atoms with Gasteiger partial charge in [-0.05, 0) is 42.3 Å². The first kappa shape index (κ1) is 19.9. The Morgan fingerprint density at radius 2 is 1.54 bits per heavy atom. The molecule has 2 aromatic carbocycles. The molecule has 0 fully saturated rings. The van der Waals surface area contributed by atoms with E-state index in [1.165, 1.54) is 14.0 Å². The van der Waals surface area contributed by atoms with Gasteiger partial charge in [-0.2, -0.15) is 22.0 Å². The summed E-state index contributed by atoms with van der Waals surface area (Å²) < 4.78 is 72.9. The van der Waals surface area contributed by atoms with Gasteiger partial charge in [-0.3, -0.25) is 4.79 Å². The molecule has 8 heteroatoms. The predicted octanol–water partition coefficient (Wildman–Crippen LogP) is 5.08. The lowest BCUT2D eigenvalue weighted by Crippen LogP contribution is -2.47. The van der Waals surface area contributed by atoms with Gasteiger partial charge in [0.05, 0.1) is 13.0 Å². The lowest BCUT2D eigenvalue weighted by atomic mass is 9.97. The van der Waals surface area contributed by atoms with Crippen molar-refractivity contribution in [3.05, 3.63) is 42.0 Å². The van der Waals surface area contributed by atoms with Gasteiger partial charge < -0.3 is 9.47 Å². The second kappa shape index (κ2) is 7.09. The zero-order valence-electron chi connectivity index (χ0n) is 14.2. The van der Waals surface area contributed by atoms with Crippen LogP contribution >= 0.6 is 0 Å². The average molecular weight is 376 g/mol. The molecule has 0 saturated carbocycles. The average Bonchev–Trinajstić information content (AvgIpc) is 2.58. The number of fused-ring (bicyclic) bond motifs is 1. The zero-order chi connectivity index (χ0) is 19.7. The Morgan fingerprint density at radius 3 is 2.12 bits per heavy atom. The molecule has 0 aliphatic rings. The van der Waals surface area contributed by atoms with Gasteiger partial charge in [0.1, 0.15) is 5.75 Å². The van der Waals surface area contributed by atoms with Gasteiger partial charge in [0.25, 0.3) is 0 Å². The van der Waals surface area contributed by atoms with Crippen LogP contribution < -0.4 is 4.74 Å². The van der Waals surface area contributed by atoms with Crippen molar-refractivity contribution in [3.63, 3.8) is 0 Å². The number of benzene rings is 2. The molecule has 0 aliphatic heterocycles. The summed E-state index contributed by atoms with van der Waals surface area (Å²) >= 11 is 0. The number of hydrogen-bond acceptors (Lipinski definition) is 3. The minimum atomic E-state index is -5.79. The third kappa shape index (κ3) is 3.89. The molecule has 0 aliphatic carbocycles. The minimum absolute atomic E-state index is 0.440. The number of alkyl halides is 5. The van der Waals surface area contributed by atoms with Crippen LogP contribution in [0.3, 0.4) is 0 Å². The SMILES string of the molecule is COc1ccc2cc(C(C)C(=O)OC(C)C(F)(F)C(F)(F)F)ccc2c1. The Balaban J connectivity index is 2.19. The third-order valence-electron chi connectivity index (χ3n) is 4.11. The van der Waals surface area contributed by atoms with Crippen LogP contribution in [0.15, 0.2) is 36.4 Å². The second-order valence-corrected chi connectivity index (χ2v) is 5.89. The molecule has 0 spiro atoms. The zero-order valence-corrected chi connectivity index (χ0v) is 14.2. The molecule has 142 valence electrons. The van der Waals surface area contributed by atoms with Crippen molar-refractivity contribution >= 4 is 16.7 Å². The minimum Gasteiger partial charge on any atom is -0.497 e. The van der Waals surface area contributed by atoms with E-state index in [1.807, 2.05) is 0 Å². The number of carbonyl (C=O) groups excluding carboxylic acids is 1. The quantitative estimate of drug-likeness (QED) is 0.539. The molecule has 0 saturated heterocycles. The number of ether oxygens (including phenoxy) is 2. The topological polar surface area (TPSA) is 35.5 Å². The summed E-state index contributed by atoms with van der Waals surface area (Å²) in [5.41, 5.74) is 0.440. The Labute approximate surface area is 146 Å². The van der Waals surface area contributed by atoms with Crippen molar-refractivity contribution in [2.24, 2.45) is 0 Å². The summed E-state index contributed by atoms with van der Waals surface area (Å²) in [6.45, 7) is 1.90. The highest BCUT2D eigenvalue weighted by Crippen LogP contribution is 2.39. The third-order valence-corrected chi connectivity index (χ3v) is 4.11. The highest BCUT2D eigenvalue weighted by atomic mass is 19.4. The van der Waals surface area contributed by atoms with Crippen LogP contribution in [-0.4, -0.2) is 31.3 Å². The number of halogens is 5. The maximum absolute atomic E-state index is 13.2. The van der Waals surface area contributed by atoms with E-state index in [-0.39, 0.29) is 0 Å². The molecule has 26 heavy (non-hydrogen) atoms. The van der Waals surface area contributed by atoms with E-state index < -0.39 is 30.1 Å². The van der Waals surface area contributed by atoms with Crippen molar-refractivity contribution in [2.75, 3.05) is 7.11 Å². The summed E-state index contributed by atoms with van der Waals surface area (Å²) in [7, 11) is 1.52. The van der Waals surface area contributed by atoms with Crippen molar-refractivity contribution < 1.29 is 36.2 Å². The standard InChI is InChI=1S/C18H17F5O3/c1-10(16(24)26-11(2)17(19,20)18(21,22)23)12-4-5-14-9-15(25-3)7-6-13(14)8-12/h4-11H,1-3H3. The lowest BCUT2D eigenvalue weighted by molar-refractivity contribution is -0.311. The van der Waals surface area contributed by atoms with Gasteiger partial charge in [-0.25, -0.2) is 0 Å². The van der Waals surface area contributed by atoms with Gasteiger partial charge in [0.2, 0.25) is 0 Å². The van der Waals surface area contributed by atoms with E-state index >= 15 is 0 Å².